The van der Waals surface area contributed by atoms with Gasteiger partial charge in [-0.25, -0.2) is 14.4 Å². The van der Waals surface area contributed by atoms with Crippen LogP contribution in [0.1, 0.15) is 33.4 Å². The maximum Gasteiger partial charge on any atom is 0.255 e. The number of carbonyl (C=O) groups is 1. The summed E-state index contributed by atoms with van der Waals surface area (Å²) in [6, 6.07) is 7.82. The first-order chi connectivity index (χ1) is 12.5. The Hall–Kier alpha value is -3.35. The van der Waals surface area contributed by atoms with Crippen molar-refractivity contribution in [2.45, 2.75) is 19.4 Å². The van der Waals surface area contributed by atoms with Gasteiger partial charge in [0.2, 0.25) is 5.95 Å². The first kappa shape index (κ1) is 16.1. The second-order valence-corrected chi connectivity index (χ2v) is 6.19. The molecular weight excluding hydrogens is 333 g/mol. The van der Waals surface area contributed by atoms with Crippen LogP contribution in [0, 0.1) is 12.7 Å². The van der Waals surface area contributed by atoms with Crippen molar-refractivity contribution in [3.8, 4) is 11.1 Å². The van der Waals surface area contributed by atoms with Gasteiger partial charge >= 0.3 is 0 Å². The monoisotopic (exact) mass is 349 g/mol. The standard InChI is InChI=1S/C19H16FN5O/c1-10-17-16(25-19(21)23-10)8-15(24-18(17)26)13-5-4-12(20)7-14(13)11-3-2-6-22-9-11/h2-7,9,15H,8H2,1H3,(H,24,26)(H2,21,23,25). The highest BCUT2D eigenvalue weighted by Crippen LogP contribution is 2.33. The average molecular weight is 349 g/mol. The number of fused-ring (bicyclic) bond motifs is 1. The van der Waals surface area contributed by atoms with Gasteiger partial charge in [-0.1, -0.05) is 12.1 Å². The average Bonchev–Trinajstić information content (AvgIpc) is 2.61. The largest absolute Gasteiger partial charge is 0.368 e. The Balaban J connectivity index is 1.81. The number of pyridine rings is 1. The SMILES string of the molecule is Cc1nc(N)nc2c1C(=O)NC(c1ccc(F)cc1-c1cccnc1)C2. The van der Waals surface area contributed by atoms with Crippen LogP contribution >= 0.6 is 0 Å². The number of nitrogens with zero attached hydrogens (tertiary/aromatic N) is 3. The Labute approximate surface area is 149 Å². The molecule has 2 aromatic heterocycles. The minimum atomic E-state index is -0.349. The number of nitrogen functional groups attached to an aromatic ring is 1. The van der Waals surface area contributed by atoms with E-state index in [0.717, 1.165) is 11.1 Å². The lowest BCUT2D eigenvalue weighted by Crippen LogP contribution is -2.37. The smallest absolute Gasteiger partial charge is 0.255 e. The van der Waals surface area contributed by atoms with E-state index in [9.17, 15) is 9.18 Å². The van der Waals surface area contributed by atoms with Crippen LogP contribution in [0.3, 0.4) is 0 Å². The molecule has 3 heterocycles. The van der Waals surface area contributed by atoms with E-state index in [4.69, 9.17) is 5.73 Å². The van der Waals surface area contributed by atoms with Gasteiger partial charge in [-0.2, -0.15) is 0 Å². The summed E-state index contributed by atoms with van der Waals surface area (Å²) in [4.78, 5) is 25.0. The maximum absolute atomic E-state index is 13.9. The summed E-state index contributed by atoms with van der Waals surface area (Å²) in [7, 11) is 0. The van der Waals surface area contributed by atoms with Gasteiger partial charge in [-0.05, 0) is 36.2 Å². The normalized spacial score (nSPS) is 16.1. The van der Waals surface area contributed by atoms with Crippen LogP contribution in [0.25, 0.3) is 11.1 Å². The summed E-state index contributed by atoms with van der Waals surface area (Å²) in [5, 5.41) is 2.98. The molecule has 1 amide bonds. The molecule has 1 unspecified atom stereocenters. The summed E-state index contributed by atoms with van der Waals surface area (Å²) >= 11 is 0. The molecule has 0 aliphatic carbocycles. The molecule has 26 heavy (non-hydrogen) atoms. The van der Waals surface area contributed by atoms with Gasteiger partial charge in [0.15, 0.2) is 0 Å². The fourth-order valence-electron chi connectivity index (χ4n) is 3.37. The van der Waals surface area contributed by atoms with E-state index in [1.165, 1.54) is 12.1 Å². The highest BCUT2D eigenvalue weighted by atomic mass is 19.1. The number of hydrogen-bond donors (Lipinski definition) is 2. The molecule has 7 heteroatoms. The number of rotatable bonds is 2. The van der Waals surface area contributed by atoms with Crippen molar-refractivity contribution in [1.29, 1.82) is 0 Å². The molecule has 1 aromatic carbocycles. The van der Waals surface area contributed by atoms with Gasteiger partial charge in [-0.15, -0.1) is 0 Å². The van der Waals surface area contributed by atoms with Crippen molar-refractivity contribution in [3.05, 3.63) is 71.1 Å². The van der Waals surface area contributed by atoms with Crippen molar-refractivity contribution in [3.63, 3.8) is 0 Å². The molecule has 1 aliphatic rings. The Kier molecular flexibility index (Phi) is 3.84. The molecule has 0 saturated carbocycles. The van der Waals surface area contributed by atoms with Crippen LogP contribution in [0.15, 0.2) is 42.7 Å². The summed E-state index contributed by atoms with van der Waals surface area (Å²) in [5.41, 5.74) is 9.62. The van der Waals surface area contributed by atoms with E-state index < -0.39 is 0 Å². The van der Waals surface area contributed by atoms with Crippen molar-refractivity contribution in [2.24, 2.45) is 0 Å². The zero-order valence-electron chi connectivity index (χ0n) is 14.0. The summed E-state index contributed by atoms with van der Waals surface area (Å²) in [5.74, 6) is -0.464. The highest BCUT2D eigenvalue weighted by Gasteiger charge is 2.30. The van der Waals surface area contributed by atoms with E-state index in [1.807, 2.05) is 6.07 Å². The second kappa shape index (κ2) is 6.18. The lowest BCUT2D eigenvalue weighted by Gasteiger charge is -2.27. The first-order valence-electron chi connectivity index (χ1n) is 8.16. The summed E-state index contributed by atoms with van der Waals surface area (Å²) in [6.45, 7) is 1.73. The van der Waals surface area contributed by atoms with E-state index in [2.05, 4.69) is 20.3 Å². The molecule has 3 aromatic rings. The number of carbonyl (C=O) groups excluding carboxylic acids is 1. The Morgan fingerprint density at radius 1 is 1.27 bits per heavy atom. The number of benzene rings is 1. The predicted octanol–water partition coefficient (Wildman–Crippen LogP) is 2.60. The van der Waals surface area contributed by atoms with E-state index in [1.54, 1.807) is 31.5 Å². The quantitative estimate of drug-likeness (QED) is 0.742. The van der Waals surface area contributed by atoms with Crippen molar-refractivity contribution >= 4 is 11.9 Å². The molecular formula is C19H16FN5O. The number of nitrogens with two attached hydrogens (primary N) is 1. The molecule has 130 valence electrons. The number of hydrogen-bond acceptors (Lipinski definition) is 5. The topological polar surface area (TPSA) is 93.8 Å². The Bertz CT molecular complexity index is 1010. The second-order valence-electron chi connectivity index (χ2n) is 6.19. The van der Waals surface area contributed by atoms with Crippen LogP contribution in [-0.4, -0.2) is 20.9 Å². The number of anilines is 1. The molecule has 4 rings (SSSR count). The first-order valence-corrected chi connectivity index (χ1v) is 8.16. The molecule has 3 N–H and O–H groups in total. The van der Waals surface area contributed by atoms with Gasteiger partial charge in [-0.3, -0.25) is 9.78 Å². The van der Waals surface area contributed by atoms with Crippen LogP contribution < -0.4 is 11.1 Å². The molecule has 1 aliphatic heterocycles. The minimum Gasteiger partial charge on any atom is -0.368 e. The lowest BCUT2D eigenvalue weighted by atomic mass is 9.89. The third-order valence-corrected chi connectivity index (χ3v) is 4.48. The van der Waals surface area contributed by atoms with Crippen molar-refractivity contribution < 1.29 is 9.18 Å². The number of aryl methyl sites for hydroxylation is 1. The summed E-state index contributed by atoms with van der Waals surface area (Å²) in [6.07, 6.45) is 3.78. The van der Waals surface area contributed by atoms with E-state index in [0.29, 0.717) is 28.9 Å². The van der Waals surface area contributed by atoms with Gasteiger partial charge in [0.05, 0.1) is 23.0 Å². The van der Waals surface area contributed by atoms with E-state index >= 15 is 0 Å². The predicted molar refractivity (Wildman–Crippen MR) is 94.7 cm³/mol. The number of aromatic nitrogens is 3. The minimum absolute atomic E-state index is 0.140. The van der Waals surface area contributed by atoms with Gasteiger partial charge in [0.25, 0.3) is 5.91 Å². The fraction of sp³-hybridized carbons (Fsp3) is 0.158. The Morgan fingerprint density at radius 2 is 2.12 bits per heavy atom. The molecule has 6 nitrogen and oxygen atoms in total. The van der Waals surface area contributed by atoms with Gasteiger partial charge < -0.3 is 11.1 Å². The zero-order chi connectivity index (χ0) is 18.3. The van der Waals surface area contributed by atoms with Crippen molar-refractivity contribution in [1.82, 2.24) is 20.3 Å². The summed E-state index contributed by atoms with van der Waals surface area (Å²) < 4.78 is 13.9. The number of halogens is 1. The molecule has 0 spiro atoms. The fourth-order valence-corrected chi connectivity index (χ4v) is 3.37. The third-order valence-electron chi connectivity index (χ3n) is 4.48. The maximum atomic E-state index is 13.9. The highest BCUT2D eigenvalue weighted by molar-refractivity contribution is 5.98. The van der Waals surface area contributed by atoms with E-state index in [-0.39, 0.29) is 23.7 Å². The third kappa shape index (κ3) is 2.77. The van der Waals surface area contributed by atoms with Crippen LogP contribution in [0.2, 0.25) is 0 Å². The molecule has 0 fully saturated rings. The molecule has 0 radical (unpaired) electrons. The number of amides is 1. The lowest BCUT2D eigenvalue weighted by molar-refractivity contribution is 0.0922. The van der Waals surface area contributed by atoms with Crippen molar-refractivity contribution in [2.75, 3.05) is 5.73 Å². The van der Waals surface area contributed by atoms with Crippen LogP contribution in [0.5, 0.6) is 0 Å². The molecule has 0 bridgehead atoms. The van der Waals surface area contributed by atoms with Gasteiger partial charge in [0, 0.05) is 24.4 Å². The van der Waals surface area contributed by atoms with Crippen LogP contribution in [-0.2, 0) is 6.42 Å². The Morgan fingerprint density at radius 3 is 2.88 bits per heavy atom. The zero-order valence-corrected chi connectivity index (χ0v) is 14.0. The number of nitrogens with one attached hydrogen (secondary N) is 1. The van der Waals surface area contributed by atoms with Crippen LogP contribution in [0.4, 0.5) is 10.3 Å². The molecule has 0 saturated heterocycles. The molecule has 1 atom stereocenters. The van der Waals surface area contributed by atoms with Gasteiger partial charge in [0.1, 0.15) is 5.82 Å².